The van der Waals surface area contributed by atoms with Crippen LogP contribution in [0.25, 0.3) is 11.0 Å². The molecule has 7 heteroatoms. The van der Waals surface area contributed by atoms with Gasteiger partial charge in [0.2, 0.25) is 0 Å². The van der Waals surface area contributed by atoms with Gasteiger partial charge in [-0.15, -0.1) is 0 Å². The van der Waals surface area contributed by atoms with Crippen LogP contribution in [-0.2, 0) is 9.47 Å². The minimum Gasteiger partial charge on any atom is -0.382 e. The number of aromatic nitrogens is 3. The van der Waals surface area contributed by atoms with E-state index in [-0.39, 0.29) is 11.9 Å². The van der Waals surface area contributed by atoms with E-state index >= 15 is 0 Å². The molecule has 0 fully saturated rings. The summed E-state index contributed by atoms with van der Waals surface area (Å²) in [5.41, 5.74) is 2.11. The van der Waals surface area contributed by atoms with Crippen LogP contribution in [0.4, 0.5) is 0 Å². The van der Waals surface area contributed by atoms with Gasteiger partial charge in [0.1, 0.15) is 0 Å². The quantitative estimate of drug-likeness (QED) is 0.711. The van der Waals surface area contributed by atoms with Gasteiger partial charge in [0, 0.05) is 31.7 Å². The van der Waals surface area contributed by atoms with Crippen molar-refractivity contribution in [2.75, 3.05) is 33.5 Å². The molecule has 0 atom stereocenters. The molecule has 1 N–H and O–H groups in total. The van der Waals surface area contributed by atoms with Gasteiger partial charge in [-0.1, -0.05) is 0 Å². The van der Waals surface area contributed by atoms with Crippen LogP contribution in [0.5, 0.6) is 0 Å². The van der Waals surface area contributed by atoms with E-state index in [1.54, 1.807) is 13.3 Å². The van der Waals surface area contributed by atoms with E-state index in [2.05, 4.69) is 29.2 Å². The highest BCUT2D eigenvalue weighted by atomic mass is 16.5. The number of hydrogen-bond acceptors (Lipinski definition) is 5. The third kappa shape index (κ3) is 4.52. The van der Waals surface area contributed by atoms with Crippen molar-refractivity contribution >= 4 is 16.9 Å². The first kappa shape index (κ1) is 18.4. The molecule has 7 nitrogen and oxygen atoms in total. The van der Waals surface area contributed by atoms with E-state index < -0.39 is 0 Å². The van der Waals surface area contributed by atoms with E-state index in [0.717, 1.165) is 17.5 Å². The average molecular weight is 334 g/mol. The third-order valence-corrected chi connectivity index (χ3v) is 3.68. The van der Waals surface area contributed by atoms with Gasteiger partial charge in [0.15, 0.2) is 5.65 Å². The minimum absolute atomic E-state index is 0.115. The van der Waals surface area contributed by atoms with Crippen molar-refractivity contribution in [3.8, 4) is 0 Å². The molecule has 0 spiro atoms. The molecule has 2 aromatic rings. The summed E-state index contributed by atoms with van der Waals surface area (Å²) < 4.78 is 12.1. The lowest BCUT2D eigenvalue weighted by Crippen LogP contribution is -2.26. The second kappa shape index (κ2) is 8.75. The van der Waals surface area contributed by atoms with Crippen LogP contribution >= 0.6 is 0 Å². The highest BCUT2D eigenvalue weighted by molar-refractivity contribution is 5.98. The van der Waals surface area contributed by atoms with Gasteiger partial charge >= 0.3 is 0 Å². The van der Waals surface area contributed by atoms with Crippen molar-refractivity contribution < 1.29 is 14.3 Å². The summed E-state index contributed by atoms with van der Waals surface area (Å²) in [5, 5.41) is 8.13. The number of pyridine rings is 1. The highest BCUT2D eigenvalue weighted by Crippen LogP contribution is 2.19. The zero-order chi connectivity index (χ0) is 17.5. The van der Waals surface area contributed by atoms with Crippen molar-refractivity contribution in [2.45, 2.75) is 33.2 Å². The molecule has 24 heavy (non-hydrogen) atoms. The van der Waals surface area contributed by atoms with Crippen LogP contribution in [0.1, 0.15) is 42.4 Å². The van der Waals surface area contributed by atoms with E-state index in [1.165, 1.54) is 0 Å². The Morgan fingerprint density at radius 3 is 2.83 bits per heavy atom. The zero-order valence-electron chi connectivity index (χ0n) is 14.8. The van der Waals surface area contributed by atoms with E-state index in [1.807, 2.05) is 17.7 Å². The summed E-state index contributed by atoms with van der Waals surface area (Å²) in [6.07, 6.45) is 2.51. The first-order valence-corrected chi connectivity index (χ1v) is 8.24. The topological polar surface area (TPSA) is 78.3 Å². The summed E-state index contributed by atoms with van der Waals surface area (Å²) in [6, 6.07) is 2.08. The Hall–Kier alpha value is -1.99. The molecular formula is C17H26N4O3. The predicted molar refractivity (Wildman–Crippen MR) is 92.3 cm³/mol. The number of methoxy groups -OCH3 is 1. The van der Waals surface area contributed by atoms with Gasteiger partial charge in [0.05, 0.1) is 30.7 Å². The summed E-state index contributed by atoms with van der Waals surface area (Å²) in [4.78, 5) is 16.9. The number of nitrogens with zero attached hydrogens (tertiary/aromatic N) is 3. The van der Waals surface area contributed by atoms with Crippen LogP contribution < -0.4 is 5.32 Å². The maximum absolute atomic E-state index is 12.3. The summed E-state index contributed by atoms with van der Waals surface area (Å²) in [7, 11) is 1.64. The largest absolute Gasteiger partial charge is 0.382 e. The second-order valence-corrected chi connectivity index (χ2v) is 5.93. The van der Waals surface area contributed by atoms with Gasteiger partial charge in [-0.05, 0) is 33.3 Å². The molecular weight excluding hydrogens is 308 g/mol. The summed E-state index contributed by atoms with van der Waals surface area (Å²) in [6.45, 7) is 8.28. The Labute approximate surface area is 142 Å². The van der Waals surface area contributed by atoms with Gasteiger partial charge in [-0.2, -0.15) is 5.10 Å². The smallest absolute Gasteiger partial charge is 0.253 e. The lowest BCUT2D eigenvalue weighted by molar-refractivity contribution is 0.0688. The minimum atomic E-state index is -0.115. The monoisotopic (exact) mass is 334 g/mol. The average Bonchev–Trinajstić information content (AvgIpc) is 2.96. The molecule has 0 saturated heterocycles. The molecule has 0 aliphatic carbocycles. The molecule has 0 radical (unpaired) electrons. The lowest BCUT2D eigenvalue weighted by atomic mass is 10.1. The molecule has 2 heterocycles. The number of carbonyl (C=O) groups is 1. The molecule has 2 rings (SSSR count). The molecule has 0 aliphatic rings. The fourth-order valence-corrected chi connectivity index (χ4v) is 2.39. The Morgan fingerprint density at radius 2 is 2.12 bits per heavy atom. The molecule has 0 aromatic carbocycles. The van der Waals surface area contributed by atoms with Crippen LogP contribution in [-0.4, -0.2) is 54.1 Å². The van der Waals surface area contributed by atoms with Gasteiger partial charge < -0.3 is 14.8 Å². The van der Waals surface area contributed by atoms with Crippen molar-refractivity contribution in [2.24, 2.45) is 0 Å². The number of carbonyl (C=O) groups excluding carboxylic acids is 1. The van der Waals surface area contributed by atoms with Gasteiger partial charge in [-0.25, -0.2) is 9.67 Å². The first-order valence-electron chi connectivity index (χ1n) is 8.24. The molecule has 0 bridgehead atoms. The Kier molecular flexibility index (Phi) is 6.69. The molecule has 0 unspecified atom stereocenters. The molecule has 2 aromatic heterocycles. The molecule has 0 saturated carbocycles. The van der Waals surface area contributed by atoms with Crippen molar-refractivity contribution in [1.82, 2.24) is 20.1 Å². The fraction of sp³-hybridized carbons (Fsp3) is 0.588. The SMILES string of the molecule is COCCOCCCNC(=O)c1cc2cnn(C(C)C)c2nc1C. The Balaban J connectivity index is 1.94. The Bertz CT molecular complexity index is 682. The van der Waals surface area contributed by atoms with Crippen molar-refractivity contribution in [3.05, 3.63) is 23.5 Å². The highest BCUT2D eigenvalue weighted by Gasteiger charge is 2.14. The van der Waals surface area contributed by atoms with Crippen LogP contribution in [0.2, 0.25) is 0 Å². The number of amides is 1. The van der Waals surface area contributed by atoms with E-state index in [4.69, 9.17) is 9.47 Å². The summed E-state index contributed by atoms with van der Waals surface area (Å²) in [5.74, 6) is -0.115. The first-order chi connectivity index (χ1) is 11.5. The maximum atomic E-state index is 12.3. The number of nitrogens with one attached hydrogen (secondary N) is 1. The Morgan fingerprint density at radius 1 is 1.33 bits per heavy atom. The van der Waals surface area contributed by atoms with E-state index in [0.29, 0.717) is 37.6 Å². The zero-order valence-corrected chi connectivity index (χ0v) is 14.8. The molecule has 132 valence electrons. The van der Waals surface area contributed by atoms with E-state index in [9.17, 15) is 4.79 Å². The fourth-order valence-electron chi connectivity index (χ4n) is 2.39. The van der Waals surface area contributed by atoms with Crippen LogP contribution in [0.15, 0.2) is 12.3 Å². The van der Waals surface area contributed by atoms with Crippen LogP contribution in [0, 0.1) is 6.92 Å². The normalized spacial score (nSPS) is 11.4. The standard InChI is InChI=1S/C17H26N4O3/c1-12(2)21-16-14(11-19-21)10-15(13(3)20-16)17(22)18-6-5-7-24-9-8-23-4/h10-12H,5-9H2,1-4H3,(H,18,22). The number of ether oxygens (including phenoxy) is 2. The lowest BCUT2D eigenvalue weighted by Gasteiger charge is -2.10. The maximum Gasteiger partial charge on any atom is 0.253 e. The number of hydrogen-bond donors (Lipinski definition) is 1. The molecule has 0 aliphatic heterocycles. The number of rotatable bonds is 9. The van der Waals surface area contributed by atoms with Crippen LogP contribution in [0.3, 0.4) is 0 Å². The van der Waals surface area contributed by atoms with Gasteiger partial charge in [0.25, 0.3) is 5.91 Å². The molecule has 1 amide bonds. The number of fused-ring (bicyclic) bond motifs is 1. The van der Waals surface area contributed by atoms with Crippen molar-refractivity contribution in [3.63, 3.8) is 0 Å². The predicted octanol–water partition coefficient (Wildman–Crippen LogP) is 2.10. The number of aryl methyl sites for hydroxylation is 1. The summed E-state index contributed by atoms with van der Waals surface area (Å²) >= 11 is 0. The third-order valence-electron chi connectivity index (χ3n) is 3.68. The second-order valence-electron chi connectivity index (χ2n) is 5.93. The van der Waals surface area contributed by atoms with Gasteiger partial charge in [-0.3, -0.25) is 4.79 Å². The van der Waals surface area contributed by atoms with Crippen molar-refractivity contribution in [1.29, 1.82) is 0 Å².